The van der Waals surface area contributed by atoms with E-state index in [2.05, 4.69) is 15.2 Å². The number of nitro groups is 1. The number of aromatic nitrogens is 1. The zero-order valence-corrected chi connectivity index (χ0v) is 23.3. The molecule has 0 spiro atoms. The van der Waals surface area contributed by atoms with Crippen molar-refractivity contribution in [2.24, 2.45) is 0 Å². The van der Waals surface area contributed by atoms with Crippen molar-refractivity contribution in [3.63, 3.8) is 0 Å². The van der Waals surface area contributed by atoms with Gasteiger partial charge < -0.3 is 24.8 Å². The number of piperazine rings is 1. The molecule has 3 aromatic rings. The van der Waals surface area contributed by atoms with Gasteiger partial charge in [-0.1, -0.05) is 0 Å². The molecule has 2 aliphatic rings. The molecule has 0 radical (unpaired) electrons. The number of amides is 3. The molecule has 2 heterocycles. The molecular formula is C28H30N6O6S. The summed E-state index contributed by atoms with van der Waals surface area (Å²) in [6, 6.07) is 13.3. The summed E-state index contributed by atoms with van der Waals surface area (Å²) in [5.74, 6) is 0.0547. The van der Waals surface area contributed by atoms with Gasteiger partial charge in [-0.15, -0.1) is 11.3 Å². The topological polar surface area (TPSA) is 138 Å². The predicted octanol–water partition coefficient (Wildman–Crippen LogP) is 3.19. The molecule has 2 fully saturated rings. The number of ether oxygens (including phenoxy) is 1. The monoisotopic (exact) mass is 578 g/mol. The maximum atomic E-state index is 13.1. The maximum absolute atomic E-state index is 13.1. The van der Waals surface area contributed by atoms with Gasteiger partial charge in [-0.05, 0) is 49.2 Å². The number of nitrogens with one attached hydrogen (secondary N) is 1. The zero-order valence-electron chi connectivity index (χ0n) is 22.5. The van der Waals surface area contributed by atoms with E-state index >= 15 is 0 Å². The van der Waals surface area contributed by atoms with Gasteiger partial charge in [-0.2, -0.15) is 0 Å². The quantitative estimate of drug-likeness (QED) is 0.286. The van der Waals surface area contributed by atoms with Crippen LogP contribution in [0.2, 0.25) is 0 Å². The highest BCUT2D eigenvalue weighted by Crippen LogP contribution is 2.29. The molecule has 41 heavy (non-hydrogen) atoms. The van der Waals surface area contributed by atoms with Crippen molar-refractivity contribution >= 4 is 45.6 Å². The van der Waals surface area contributed by atoms with Crippen LogP contribution in [-0.4, -0.2) is 83.3 Å². The van der Waals surface area contributed by atoms with Gasteiger partial charge in [0.1, 0.15) is 12.3 Å². The Morgan fingerprint density at radius 3 is 2.37 bits per heavy atom. The van der Waals surface area contributed by atoms with E-state index in [1.165, 1.54) is 23.5 Å². The van der Waals surface area contributed by atoms with E-state index in [0.717, 1.165) is 18.5 Å². The van der Waals surface area contributed by atoms with Gasteiger partial charge in [-0.3, -0.25) is 24.5 Å². The number of non-ortho nitro benzene ring substituents is 1. The number of hydrogen-bond donors (Lipinski definition) is 1. The molecule has 1 aliphatic carbocycles. The van der Waals surface area contributed by atoms with Gasteiger partial charge in [-0.25, -0.2) is 4.98 Å². The van der Waals surface area contributed by atoms with Gasteiger partial charge in [0.2, 0.25) is 11.8 Å². The van der Waals surface area contributed by atoms with Crippen LogP contribution in [0.4, 0.5) is 16.5 Å². The number of anilines is 2. The Hall–Kier alpha value is -4.52. The third-order valence-corrected chi connectivity index (χ3v) is 7.89. The van der Waals surface area contributed by atoms with E-state index in [9.17, 15) is 24.5 Å². The first-order chi connectivity index (χ1) is 19.8. The van der Waals surface area contributed by atoms with Crippen molar-refractivity contribution in [2.45, 2.75) is 25.3 Å². The SMILES string of the molecule is COc1ccc(C(=O)N(CC(=O)Nc2nc(CC(=O)N3CCN(c4ccc([N+](=O)[O-])cc4)CC3)cs2)C2CC2)cc1. The lowest BCUT2D eigenvalue weighted by molar-refractivity contribution is -0.384. The Kier molecular flexibility index (Phi) is 8.43. The maximum Gasteiger partial charge on any atom is 0.269 e. The number of nitrogens with zero attached hydrogens (tertiary/aromatic N) is 5. The molecule has 13 heteroatoms. The third kappa shape index (κ3) is 6.98. The predicted molar refractivity (Wildman–Crippen MR) is 153 cm³/mol. The molecular weight excluding hydrogens is 548 g/mol. The average molecular weight is 579 g/mol. The van der Waals surface area contributed by atoms with E-state index in [4.69, 9.17) is 4.74 Å². The molecule has 0 atom stereocenters. The fourth-order valence-electron chi connectivity index (χ4n) is 4.68. The van der Waals surface area contributed by atoms with Crippen LogP contribution in [0.25, 0.3) is 0 Å². The molecule has 0 unspecified atom stereocenters. The van der Waals surface area contributed by atoms with Crippen LogP contribution in [-0.2, 0) is 16.0 Å². The number of hydrogen-bond acceptors (Lipinski definition) is 9. The normalized spacial score (nSPS) is 14.9. The van der Waals surface area contributed by atoms with Gasteiger partial charge in [0, 0.05) is 61.0 Å². The Morgan fingerprint density at radius 1 is 1.07 bits per heavy atom. The van der Waals surface area contributed by atoms with Gasteiger partial charge in [0.05, 0.1) is 24.1 Å². The molecule has 1 saturated heterocycles. The highest BCUT2D eigenvalue weighted by atomic mass is 32.1. The summed E-state index contributed by atoms with van der Waals surface area (Å²) in [5.41, 5.74) is 1.99. The number of methoxy groups -OCH3 is 1. The summed E-state index contributed by atoms with van der Waals surface area (Å²) in [6.07, 6.45) is 1.84. The number of carbonyl (C=O) groups excluding carboxylic acids is 3. The lowest BCUT2D eigenvalue weighted by atomic mass is 10.2. The Morgan fingerprint density at radius 2 is 1.76 bits per heavy atom. The number of benzene rings is 2. The Bertz CT molecular complexity index is 1410. The van der Waals surface area contributed by atoms with Gasteiger partial charge >= 0.3 is 0 Å². The lowest BCUT2D eigenvalue weighted by Gasteiger charge is -2.36. The van der Waals surface area contributed by atoms with Crippen molar-refractivity contribution in [1.82, 2.24) is 14.8 Å². The third-order valence-electron chi connectivity index (χ3n) is 7.09. The van der Waals surface area contributed by atoms with Crippen LogP contribution in [0.1, 0.15) is 28.9 Å². The standard InChI is InChI=1S/C28H30N6O6S/c1-40-24-10-2-19(3-11-24)27(37)33(22-6-7-22)17-25(35)30-28-29-20(18-41-28)16-26(36)32-14-12-31(13-15-32)21-4-8-23(9-5-21)34(38)39/h2-5,8-11,18,22H,6-7,12-17H2,1H3,(H,29,30,35). The smallest absolute Gasteiger partial charge is 0.269 e. The van der Waals surface area contributed by atoms with Crippen LogP contribution in [0.5, 0.6) is 5.75 Å². The van der Waals surface area contributed by atoms with Crippen molar-refractivity contribution in [1.29, 1.82) is 0 Å². The molecule has 0 bridgehead atoms. The minimum Gasteiger partial charge on any atom is -0.497 e. The highest BCUT2D eigenvalue weighted by Gasteiger charge is 2.34. The minimum absolute atomic E-state index is 0.0423. The second kappa shape index (κ2) is 12.3. The largest absolute Gasteiger partial charge is 0.497 e. The molecule has 5 rings (SSSR count). The first-order valence-electron chi connectivity index (χ1n) is 13.3. The first kappa shape index (κ1) is 28.0. The Labute approximate surface area is 240 Å². The van der Waals surface area contributed by atoms with Crippen LogP contribution < -0.4 is 15.0 Å². The van der Waals surface area contributed by atoms with Crippen molar-refractivity contribution < 1.29 is 24.0 Å². The number of thiazole rings is 1. The second-order valence-corrected chi connectivity index (χ2v) is 10.8. The summed E-state index contributed by atoms with van der Waals surface area (Å²) in [7, 11) is 1.56. The van der Waals surface area contributed by atoms with Crippen molar-refractivity contribution in [3.05, 3.63) is 75.3 Å². The van der Waals surface area contributed by atoms with Crippen LogP contribution >= 0.6 is 11.3 Å². The summed E-state index contributed by atoms with van der Waals surface area (Å²) >= 11 is 1.24. The van der Waals surface area contributed by atoms with E-state index in [1.807, 2.05) is 0 Å². The summed E-state index contributed by atoms with van der Waals surface area (Å²) in [4.78, 5) is 59.1. The molecule has 1 saturated carbocycles. The van der Waals surface area contributed by atoms with Crippen LogP contribution in [0.3, 0.4) is 0 Å². The molecule has 2 aromatic carbocycles. The lowest BCUT2D eigenvalue weighted by Crippen LogP contribution is -2.49. The molecule has 1 aliphatic heterocycles. The van der Waals surface area contributed by atoms with Crippen LogP contribution in [0, 0.1) is 10.1 Å². The molecule has 1 N–H and O–H groups in total. The van der Waals surface area contributed by atoms with E-state index in [0.29, 0.717) is 48.3 Å². The highest BCUT2D eigenvalue weighted by molar-refractivity contribution is 7.13. The van der Waals surface area contributed by atoms with E-state index in [-0.39, 0.29) is 42.4 Å². The number of nitro benzene ring substituents is 1. The fourth-order valence-corrected chi connectivity index (χ4v) is 5.40. The molecule has 1 aromatic heterocycles. The second-order valence-electron chi connectivity index (χ2n) is 9.90. The summed E-state index contributed by atoms with van der Waals surface area (Å²) < 4.78 is 5.15. The zero-order chi connectivity index (χ0) is 28.9. The van der Waals surface area contributed by atoms with Crippen LogP contribution in [0.15, 0.2) is 53.9 Å². The van der Waals surface area contributed by atoms with E-state index in [1.54, 1.807) is 58.7 Å². The first-order valence-corrected chi connectivity index (χ1v) is 14.1. The average Bonchev–Trinajstić information content (AvgIpc) is 3.75. The summed E-state index contributed by atoms with van der Waals surface area (Å²) in [5, 5.41) is 15.8. The fraction of sp³-hybridized carbons (Fsp3) is 0.357. The number of carbonyl (C=O) groups is 3. The number of rotatable bonds is 10. The van der Waals surface area contributed by atoms with Crippen molar-refractivity contribution in [3.8, 4) is 5.75 Å². The Balaban J connectivity index is 1.10. The van der Waals surface area contributed by atoms with Gasteiger partial charge in [0.25, 0.3) is 11.6 Å². The van der Waals surface area contributed by atoms with Crippen molar-refractivity contribution in [2.75, 3.05) is 50.1 Å². The molecule has 3 amide bonds. The molecule has 12 nitrogen and oxygen atoms in total. The van der Waals surface area contributed by atoms with Gasteiger partial charge in [0.15, 0.2) is 5.13 Å². The minimum atomic E-state index is -0.427. The van der Waals surface area contributed by atoms with E-state index < -0.39 is 4.92 Å². The summed E-state index contributed by atoms with van der Waals surface area (Å²) in [6.45, 7) is 2.22. The molecule has 214 valence electrons.